The van der Waals surface area contributed by atoms with Gasteiger partial charge in [-0.15, -0.1) is 11.3 Å². The summed E-state index contributed by atoms with van der Waals surface area (Å²) in [5.74, 6) is 0.145. The first-order valence-corrected chi connectivity index (χ1v) is 9.47. The van der Waals surface area contributed by atoms with E-state index in [0.717, 1.165) is 47.1 Å². The van der Waals surface area contributed by atoms with E-state index in [0.29, 0.717) is 17.0 Å². The van der Waals surface area contributed by atoms with Crippen molar-refractivity contribution in [2.45, 2.75) is 37.9 Å². The van der Waals surface area contributed by atoms with Gasteiger partial charge in [-0.2, -0.15) is 5.10 Å². The van der Waals surface area contributed by atoms with E-state index in [2.05, 4.69) is 15.2 Å². The number of nitrogens with one attached hydrogen (secondary N) is 2. The first-order valence-electron chi connectivity index (χ1n) is 8.65. The number of nitrogens with zero attached hydrogens (tertiary/aromatic N) is 1. The van der Waals surface area contributed by atoms with E-state index in [-0.39, 0.29) is 18.1 Å². The monoisotopic (exact) mass is 357 g/mol. The highest BCUT2D eigenvalue weighted by atomic mass is 32.1. The SMILES string of the molecule is O=c1[nH]c2c(c3cc(-c4cn[nH]c4)sc13)COC[C@]2(O)C1CCCC1. The zero-order chi connectivity index (χ0) is 17.0. The van der Waals surface area contributed by atoms with E-state index in [1.807, 2.05) is 12.3 Å². The van der Waals surface area contributed by atoms with Gasteiger partial charge in [0.25, 0.3) is 5.56 Å². The lowest BCUT2D eigenvalue weighted by atomic mass is 9.80. The lowest BCUT2D eigenvalue weighted by Gasteiger charge is -2.38. The fourth-order valence-corrected chi connectivity index (χ4v) is 5.38. The summed E-state index contributed by atoms with van der Waals surface area (Å²) in [6, 6.07) is 2.02. The standard InChI is InChI=1S/C18H19N3O3S/c22-17-15-12(5-14(25-15)10-6-19-20-7-10)13-8-24-9-18(23,16(13)21-17)11-3-1-2-4-11/h5-7,11,23H,1-4,8-9H2,(H,19,20)(H,21,22)/t18-/m0/s1. The van der Waals surface area contributed by atoms with Crippen molar-refractivity contribution in [1.82, 2.24) is 15.2 Å². The van der Waals surface area contributed by atoms with E-state index in [9.17, 15) is 9.90 Å². The third kappa shape index (κ3) is 2.23. The van der Waals surface area contributed by atoms with Crippen LogP contribution in [0.1, 0.15) is 36.9 Å². The van der Waals surface area contributed by atoms with Crippen molar-refractivity contribution in [3.63, 3.8) is 0 Å². The molecule has 25 heavy (non-hydrogen) atoms. The largest absolute Gasteiger partial charge is 0.381 e. The maximum Gasteiger partial charge on any atom is 0.266 e. The predicted molar refractivity (Wildman–Crippen MR) is 95.5 cm³/mol. The summed E-state index contributed by atoms with van der Waals surface area (Å²) >= 11 is 1.45. The molecule has 0 unspecified atom stereocenters. The molecule has 0 bridgehead atoms. The Hall–Kier alpha value is -1.96. The van der Waals surface area contributed by atoms with Gasteiger partial charge in [0.15, 0.2) is 0 Å². The number of ether oxygens (including phenoxy) is 1. The number of aliphatic hydroxyl groups is 1. The molecular weight excluding hydrogens is 338 g/mol. The molecule has 0 radical (unpaired) electrons. The molecule has 1 fully saturated rings. The summed E-state index contributed by atoms with van der Waals surface area (Å²) in [4.78, 5) is 16.7. The van der Waals surface area contributed by atoms with Crippen molar-refractivity contribution in [1.29, 1.82) is 0 Å². The maximum absolute atomic E-state index is 12.7. The summed E-state index contributed by atoms with van der Waals surface area (Å²) in [5, 5.41) is 19.1. The number of aromatic nitrogens is 3. The number of thiophene rings is 1. The van der Waals surface area contributed by atoms with Gasteiger partial charge in [0.05, 0.1) is 25.1 Å². The Bertz CT molecular complexity index is 985. The Labute approximate surface area is 147 Å². The molecule has 5 rings (SSSR count). The lowest BCUT2D eigenvalue weighted by molar-refractivity contribution is -0.111. The molecule has 1 atom stereocenters. The molecule has 1 aliphatic carbocycles. The first kappa shape index (κ1) is 15.3. The second-order valence-corrected chi connectivity index (χ2v) is 8.10. The lowest BCUT2D eigenvalue weighted by Crippen LogP contribution is -2.44. The quantitative estimate of drug-likeness (QED) is 0.658. The highest BCUT2D eigenvalue weighted by molar-refractivity contribution is 7.22. The number of aromatic amines is 2. The number of hydrogen-bond donors (Lipinski definition) is 3. The number of H-pyrrole nitrogens is 2. The average molecular weight is 357 g/mol. The van der Waals surface area contributed by atoms with Crippen LogP contribution in [0.4, 0.5) is 0 Å². The molecular formula is C18H19N3O3S. The summed E-state index contributed by atoms with van der Waals surface area (Å²) in [6.45, 7) is 0.671. The minimum Gasteiger partial charge on any atom is -0.381 e. The van der Waals surface area contributed by atoms with Gasteiger partial charge in [0.1, 0.15) is 10.3 Å². The molecule has 3 N–H and O–H groups in total. The Morgan fingerprint density at radius 2 is 2.20 bits per heavy atom. The van der Waals surface area contributed by atoms with Gasteiger partial charge in [-0.3, -0.25) is 9.89 Å². The van der Waals surface area contributed by atoms with Crippen LogP contribution in [0, 0.1) is 5.92 Å². The molecule has 1 saturated carbocycles. The zero-order valence-electron chi connectivity index (χ0n) is 13.7. The van der Waals surface area contributed by atoms with E-state index in [4.69, 9.17) is 4.74 Å². The van der Waals surface area contributed by atoms with Crippen molar-refractivity contribution < 1.29 is 9.84 Å². The fraction of sp³-hybridized carbons (Fsp3) is 0.444. The van der Waals surface area contributed by atoms with Crippen molar-refractivity contribution in [3.05, 3.63) is 40.1 Å². The number of fused-ring (bicyclic) bond motifs is 3. The number of pyridine rings is 1. The van der Waals surface area contributed by atoms with Crippen LogP contribution in [0.3, 0.4) is 0 Å². The van der Waals surface area contributed by atoms with Crippen LogP contribution < -0.4 is 5.56 Å². The molecule has 0 aromatic carbocycles. The summed E-state index contributed by atoms with van der Waals surface area (Å²) in [7, 11) is 0. The summed E-state index contributed by atoms with van der Waals surface area (Å²) in [5.41, 5.74) is 1.32. The Balaban J connectivity index is 1.73. The van der Waals surface area contributed by atoms with E-state index >= 15 is 0 Å². The Morgan fingerprint density at radius 1 is 1.36 bits per heavy atom. The summed E-state index contributed by atoms with van der Waals surface area (Å²) in [6.07, 6.45) is 7.76. The Kier molecular flexibility index (Phi) is 3.38. The smallest absolute Gasteiger partial charge is 0.266 e. The van der Waals surface area contributed by atoms with E-state index < -0.39 is 5.60 Å². The molecule has 1 aliphatic heterocycles. The Morgan fingerprint density at radius 3 is 2.96 bits per heavy atom. The van der Waals surface area contributed by atoms with Crippen molar-refractivity contribution in [2.24, 2.45) is 5.92 Å². The highest BCUT2D eigenvalue weighted by Crippen LogP contribution is 2.45. The van der Waals surface area contributed by atoms with Gasteiger partial charge in [0, 0.05) is 27.6 Å². The number of rotatable bonds is 2. The van der Waals surface area contributed by atoms with Crippen LogP contribution >= 0.6 is 11.3 Å². The average Bonchev–Trinajstić information content (AvgIpc) is 3.36. The third-order valence-electron chi connectivity index (χ3n) is 5.62. The van der Waals surface area contributed by atoms with Crippen molar-refractivity contribution in [2.75, 3.05) is 6.61 Å². The molecule has 0 spiro atoms. The normalized spacial score (nSPS) is 24.0. The minimum absolute atomic E-state index is 0.133. The topological polar surface area (TPSA) is 91.0 Å². The molecule has 130 valence electrons. The van der Waals surface area contributed by atoms with Gasteiger partial charge in [-0.1, -0.05) is 12.8 Å². The van der Waals surface area contributed by atoms with E-state index in [1.165, 1.54) is 11.3 Å². The molecule has 6 nitrogen and oxygen atoms in total. The molecule has 0 amide bonds. The van der Waals surface area contributed by atoms with Gasteiger partial charge in [0.2, 0.25) is 0 Å². The van der Waals surface area contributed by atoms with Crippen LogP contribution in [0.5, 0.6) is 0 Å². The van der Waals surface area contributed by atoms with Crippen LogP contribution in [0.2, 0.25) is 0 Å². The fourth-order valence-electron chi connectivity index (χ4n) is 4.32. The second kappa shape index (κ2) is 5.52. The molecule has 0 saturated heterocycles. The summed E-state index contributed by atoms with van der Waals surface area (Å²) < 4.78 is 6.46. The molecule has 3 aromatic rings. The van der Waals surface area contributed by atoms with E-state index in [1.54, 1.807) is 6.20 Å². The van der Waals surface area contributed by atoms with Crippen molar-refractivity contribution in [3.8, 4) is 10.4 Å². The molecule has 3 aromatic heterocycles. The maximum atomic E-state index is 12.7. The zero-order valence-corrected chi connectivity index (χ0v) is 14.5. The van der Waals surface area contributed by atoms with Gasteiger partial charge >= 0.3 is 0 Å². The molecule has 2 aliphatic rings. The highest BCUT2D eigenvalue weighted by Gasteiger charge is 2.45. The molecule has 7 heteroatoms. The van der Waals surface area contributed by atoms with Crippen LogP contribution in [-0.2, 0) is 16.9 Å². The third-order valence-corrected chi connectivity index (χ3v) is 6.80. The van der Waals surface area contributed by atoms with Crippen LogP contribution in [0.25, 0.3) is 20.5 Å². The second-order valence-electron chi connectivity index (χ2n) is 7.05. The van der Waals surface area contributed by atoms with Gasteiger partial charge in [-0.05, 0) is 24.8 Å². The van der Waals surface area contributed by atoms with Gasteiger partial charge in [-0.25, -0.2) is 0 Å². The first-order chi connectivity index (χ1) is 12.2. The predicted octanol–water partition coefficient (Wildman–Crippen LogP) is 2.89. The number of hydrogen-bond acceptors (Lipinski definition) is 5. The minimum atomic E-state index is -1.09. The van der Waals surface area contributed by atoms with Crippen LogP contribution in [0.15, 0.2) is 23.3 Å². The van der Waals surface area contributed by atoms with Crippen LogP contribution in [-0.4, -0.2) is 26.9 Å². The molecule has 4 heterocycles. The van der Waals surface area contributed by atoms with Gasteiger partial charge < -0.3 is 14.8 Å². The van der Waals surface area contributed by atoms with Crippen molar-refractivity contribution >= 4 is 21.4 Å².